The number of hydrogen-bond donors (Lipinski definition) is 0. The number of hydrogen-bond acceptors (Lipinski definition) is 5. The highest BCUT2D eigenvalue weighted by molar-refractivity contribution is 5.12. The van der Waals surface area contributed by atoms with Crippen LogP contribution in [0.2, 0.25) is 0 Å². The fraction of sp³-hybridized carbons (Fsp3) is 0.400. The zero-order valence-electron chi connectivity index (χ0n) is 8.50. The molecule has 0 unspecified atom stereocenters. The van der Waals surface area contributed by atoms with Crippen molar-refractivity contribution in [3.63, 3.8) is 0 Å². The van der Waals surface area contributed by atoms with Gasteiger partial charge in [0.25, 0.3) is 0 Å². The summed E-state index contributed by atoms with van der Waals surface area (Å²) < 4.78 is 6.83. The summed E-state index contributed by atoms with van der Waals surface area (Å²) in [5, 5.41) is 12.7. The van der Waals surface area contributed by atoms with E-state index in [0.717, 1.165) is 12.8 Å². The van der Waals surface area contributed by atoms with Crippen molar-refractivity contribution in [3.05, 3.63) is 29.9 Å². The largest absolute Gasteiger partial charge is 0.339 e. The van der Waals surface area contributed by atoms with Gasteiger partial charge >= 0.3 is 0 Å². The van der Waals surface area contributed by atoms with E-state index in [1.807, 2.05) is 6.07 Å². The lowest BCUT2D eigenvalue weighted by Crippen LogP contribution is -2.03. The molecule has 3 rings (SSSR count). The Morgan fingerprint density at radius 3 is 3.19 bits per heavy atom. The number of rotatable bonds is 3. The first kappa shape index (κ1) is 9.09. The van der Waals surface area contributed by atoms with E-state index in [1.165, 1.54) is 0 Å². The second-order valence-electron chi connectivity index (χ2n) is 3.81. The van der Waals surface area contributed by atoms with Crippen LogP contribution in [-0.2, 0) is 6.54 Å². The summed E-state index contributed by atoms with van der Waals surface area (Å²) in [6, 6.07) is 2.00. The Bertz CT molecular complexity index is 546. The second-order valence-corrected chi connectivity index (χ2v) is 3.81. The minimum atomic E-state index is 0.359. The molecule has 1 saturated carbocycles. The molecule has 0 aliphatic heterocycles. The molecule has 0 spiro atoms. The van der Waals surface area contributed by atoms with Crippen LogP contribution in [0.4, 0.5) is 0 Å². The first-order valence-corrected chi connectivity index (χ1v) is 5.10. The van der Waals surface area contributed by atoms with Gasteiger partial charge in [-0.25, -0.2) is 4.98 Å². The predicted molar refractivity (Wildman–Crippen MR) is 52.3 cm³/mol. The molecule has 0 N–H and O–H groups in total. The molecule has 80 valence electrons. The van der Waals surface area contributed by atoms with Crippen molar-refractivity contribution in [1.29, 1.82) is 5.26 Å². The van der Waals surface area contributed by atoms with E-state index < -0.39 is 0 Å². The van der Waals surface area contributed by atoms with Gasteiger partial charge in [0.05, 0.1) is 6.54 Å². The van der Waals surface area contributed by atoms with Gasteiger partial charge < -0.3 is 9.09 Å². The minimum absolute atomic E-state index is 0.359. The molecule has 0 radical (unpaired) electrons. The molecule has 0 aromatic carbocycles. The van der Waals surface area contributed by atoms with E-state index in [1.54, 1.807) is 17.0 Å². The SMILES string of the molecule is N#Cc1nccn1Cc1noc(C2CC2)n1. The fourth-order valence-corrected chi connectivity index (χ4v) is 1.53. The van der Waals surface area contributed by atoms with E-state index in [9.17, 15) is 0 Å². The fourth-order valence-electron chi connectivity index (χ4n) is 1.53. The van der Waals surface area contributed by atoms with E-state index in [0.29, 0.717) is 30.0 Å². The number of nitriles is 1. The molecule has 2 aromatic heterocycles. The first-order chi connectivity index (χ1) is 7.86. The zero-order chi connectivity index (χ0) is 11.0. The molecular formula is C10H9N5O. The number of imidazole rings is 1. The third-order valence-electron chi connectivity index (χ3n) is 2.54. The standard InChI is InChI=1S/C10H9N5O/c11-5-9-12-3-4-15(9)6-8-13-10(16-14-8)7-1-2-7/h3-4,7H,1-2,6H2. The van der Waals surface area contributed by atoms with Crippen molar-refractivity contribution in [3.8, 4) is 6.07 Å². The normalized spacial score (nSPS) is 14.9. The molecule has 6 heteroatoms. The second kappa shape index (κ2) is 3.45. The summed E-state index contributed by atoms with van der Waals surface area (Å²) >= 11 is 0. The van der Waals surface area contributed by atoms with Crippen LogP contribution in [-0.4, -0.2) is 19.7 Å². The van der Waals surface area contributed by atoms with Crippen LogP contribution >= 0.6 is 0 Å². The van der Waals surface area contributed by atoms with E-state index >= 15 is 0 Å². The number of aromatic nitrogens is 4. The molecule has 6 nitrogen and oxygen atoms in total. The summed E-state index contributed by atoms with van der Waals surface area (Å²) in [6.07, 6.45) is 5.58. The van der Waals surface area contributed by atoms with Crippen LogP contribution in [0.5, 0.6) is 0 Å². The van der Waals surface area contributed by atoms with Gasteiger partial charge in [0, 0.05) is 18.3 Å². The van der Waals surface area contributed by atoms with Gasteiger partial charge in [-0.3, -0.25) is 0 Å². The Kier molecular flexibility index (Phi) is 1.96. The molecular weight excluding hydrogens is 206 g/mol. The summed E-state index contributed by atoms with van der Waals surface area (Å²) in [5.41, 5.74) is 0. The van der Waals surface area contributed by atoms with Crippen molar-refractivity contribution in [2.24, 2.45) is 0 Å². The van der Waals surface area contributed by atoms with Crippen LogP contribution in [0.3, 0.4) is 0 Å². The summed E-state index contributed by atoms with van der Waals surface area (Å²) in [7, 11) is 0. The predicted octanol–water partition coefficient (Wildman–Crippen LogP) is 1.06. The average molecular weight is 215 g/mol. The van der Waals surface area contributed by atoms with E-state index in [4.69, 9.17) is 9.78 Å². The Balaban J connectivity index is 1.80. The van der Waals surface area contributed by atoms with Gasteiger partial charge in [-0.1, -0.05) is 5.16 Å². The van der Waals surface area contributed by atoms with Crippen LogP contribution in [0, 0.1) is 11.3 Å². The molecule has 0 bridgehead atoms. The Labute approximate surface area is 91.5 Å². The van der Waals surface area contributed by atoms with Crippen LogP contribution in [0.15, 0.2) is 16.9 Å². The molecule has 1 fully saturated rings. The molecule has 2 heterocycles. The van der Waals surface area contributed by atoms with Gasteiger partial charge in [-0.15, -0.1) is 0 Å². The van der Waals surface area contributed by atoms with E-state index in [-0.39, 0.29) is 0 Å². The minimum Gasteiger partial charge on any atom is -0.339 e. The highest BCUT2D eigenvalue weighted by Gasteiger charge is 2.29. The quantitative estimate of drug-likeness (QED) is 0.764. The van der Waals surface area contributed by atoms with Gasteiger partial charge in [-0.2, -0.15) is 10.2 Å². The van der Waals surface area contributed by atoms with Crippen LogP contribution in [0.25, 0.3) is 0 Å². The lowest BCUT2D eigenvalue weighted by molar-refractivity contribution is 0.373. The maximum absolute atomic E-state index is 8.79. The monoisotopic (exact) mass is 215 g/mol. The molecule has 0 amide bonds. The van der Waals surface area contributed by atoms with Gasteiger partial charge in [0.15, 0.2) is 5.82 Å². The average Bonchev–Trinajstić information content (AvgIpc) is 2.88. The summed E-state index contributed by atoms with van der Waals surface area (Å²) in [6.45, 7) is 0.430. The van der Waals surface area contributed by atoms with Crippen LogP contribution in [0.1, 0.15) is 36.3 Å². The van der Waals surface area contributed by atoms with E-state index in [2.05, 4.69) is 15.1 Å². The van der Waals surface area contributed by atoms with Crippen molar-refractivity contribution < 1.29 is 4.52 Å². The van der Waals surface area contributed by atoms with Crippen molar-refractivity contribution in [2.75, 3.05) is 0 Å². The molecule has 16 heavy (non-hydrogen) atoms. The Morgan fingerprint density at radius 2 is 2.44 bits per heavy atom. The lowest BCUT2D eigenvalue weighted by Gasteiger charge is -1.96. The summed E-state index contributed by atoms with van der Waals surface area (Å²) in [4.78, 5) is 8.19. The molecule has 0 atom stereocenters. The molecule has 1 aliphatic rings. The van der Waals surface area contributed by atoms with Gasteiger partial charge in [0.1, 0.15) is 6.07 Å². The molecule has 1 aliphatic carbocycles. The van der Waals surface area contributed by atoms with Crippen molar-refractivity contribution in [2.45, 2.75) is 25.3 Å². The first-order valence-electron chi connectivity index (χ1n) is 5.10. The number of nitrogens with zero attached hydrogens (tertiary/aromatic N) is 5. The van der Waals surface area contributed by atoms with Crippen LogP contribution < -0.4 is 0 Å². The third-order valence-corrected chi connectivity index (χ3v) is 2.54. The lowest BCUT2D eigenvalue weighted by atomic mass is 10.4. The molecule has 2 aromatic rings. The zero-order valence-corrected chi connectivity index (χ0v) is 8.50. The van der Waals surface area contributed by atoms with Gasteiger partial charge in [-0.05, 0) is 12.8 Å². The smallest absolute Gasteiger partial charge is 0.229 e. The Morgan fingerprint density at radius 1 is 1.56 bits per heavy atom. The molecule has 0 saturated heterocycles. The summed E-state index contributed by atoms with van der Waals surface area (Å²) in [5.74, 6) is 2.13. The maximum atomic E-state index is 8.79. The Hall–Kier alpha value is -2.16. The highest BCUT2D eigenvalue weighted by Crippen LogP contribution is 2.38. The van der Waals surface area contributed by atoms with Gasteiger partial charge in [0.2, 0.25) is 11.7 Å². The topological polar surface area (TPSA) is 80.5 Å². The van der Waals surface area contributed by atoms with Crippen molar-refractivity contribution >= 4 is 0 Å². The van der Waals surface area contributed by atoms with Crippen molar-refractivity contribution in [1.82, 2.24) is 19.7 Å². The third kappa shape index (κ3) is 1.56. The highest BCUT2D eigenvalue weighted by atomic mass is 16.5. The maximum Gasteiger partial charge on any atom is 0.229 e.